The average Bonchev–Trinajstić information content (AvgIpc) is 2.80. The molecule has 0 radical (unpaired) electrons. The average molecular weight is 267 g/mol. The molecule has 86 valence electrons. The summed E-state index contributed by atoms with van der Waals surface area (Å²) in [5, 5.41) is 0. The first kappa shape index (κ1) is 12.0. The van der Waals surface area contributed by atoms with Crippen LogP contribution in [0.5, 0.6) is 0 Å². The van der Waals surface area contributed by atoms with Crippen molar-refractivity contribution in [1.29, 1.82) is 0 Å². The Kier molecular flexibility index (Phi) is 3.36. The van der Waals surface area contributed by atoms with Gasteiger partial charge >= 0.3 is 107 Å². The van der Waals surface area contributed by atoms with Gasteiger partial charge < -0.3 is 0 Å². The molecule has 4 heteroatoms. The second kappa shape index (κ2) is 4.78. The Morgan fingerprint density at radius 1 is 1.41 bits per heavy atom. The maximum absolute atomic E-state index is 11.8. The van der Waals surface area contributed by atoms with Gasteiger partial charge in [0, 0.05) is 0 Å². The van der Waals surface area contributed by atoms with Gasteiger partial charge in [-0.05, 0) is 0 Å². The Labute approximate surface area is 107 Å². The van der Waals surface area contributed by atoms with Gasteiger partial charge in [0.15, 0.2) is 0 Å². The third-order valence-electron chi connectivity index (χ3n) is 2.65. The summed E-state index contributed by atoms with van der Waals surface area (Å²) in [6.07, 6.45) is 8.20. The number of rotatable bonds is 3. The summed E-state index contributed by atoms with van der Waals surface area (Å²) < 4.78 is -0.664. The third kappa shape index (κ3) is 2.28. The van der Waals surface area contributed by atoms with Crippen LogP contribution in [0.15, 0.2) is 30.5 Å². The van der Waals surface area contributed by atoms with Crippen LogP contribution < -0.4 is 0 Å². The first-order valence-electron chi connectivity index (χ1n) is 5.17. The number of hydrogen-bond donors (Lipinski definition) is 0. The van der Waals surface area contributed by atoms with E-state index in [-0.39, 0.29) is 5.69 Å². The van der Waals surface area contributed by atoms with Crippen molar-refractivity contribution in [3.05, 3.63) is 47.3 Å². The molecule has 0 atom stereocenters. The Bertz CT molecular complexity index is 559. The normalized spacial score (nSPS) is 13.6. The van der Waals surface area contributed by atoms with Crippen LogP contribution in [0.1, 0.15) is 28.0 Å². The quantitative estimate of drug-likeness (QED) is 0.478. The van der Waals surface area contributed by atoms with Gasteiger partial charge in [0.1, 0.15) is 0 Å². The minimum absolute atomic E-state index is 0.224. The first-order valence-corrected chi connectivity index (χ1v) is 5.76. The summed E-state index contributed by atoms with van der Waals surface area (Å²) in [6, 6.07) is 1.84. The van der Waals surface area contributed by atoms with Crippen molar-refractivity contribution in [2.24, 2.45) is 0 Å². The van der Waals surface area contributed by atoms with Crippen molar-refractivity contribution < 1.29 is 25.6 Å². The topological polar surface area (TPSA) is 47.0 Å². The molecule has 0 N–H and O–H groups in total. The molecular weight excluding hydrogens is 257 g/mol. The first-order chi connectivity index (χ1) is 8.11. The van der Waals surface area contributed by atoms with Gasteiger partial charge in [-0.25, -0.2) is 0 Å². The number of hydrogen-bond acceptors (Lipinski definition) is 3. The van der Waals surface area contributed by atoms with Crippen LogP contribution >= 0.6 is 0 Å². The molecule has 1 heterocycles. The second-order valence-electron chi connectivity index (χ2n) is 3.78. The van der Waals surface area contributed by atoms with E-state index in [1.54, 1.807) is 6.20 Å². The summed E-state index contributed by atoms with van der Waals surface area (Å²) in [5.74, 6) is -0.600. The monoisotopic (exact) mass is 267 g/mol. The molecule has 0 amide bonds. The Morgan fingerprint density at radius 2 is 2.18 bits per heavy atom. The van der Waals surface area contributed by atoms with Crippen molar-refractivity contribution in [2.45, 2.75) is 13.3 Å². The molecule has 0 unspecified atom stereocenters. The van der Waals surface area contributed by atoms with E-state index in [1.165, 1.54) is 0 Å². The summed E-state index contributed by atoms with van der Waals surface area (Å²) >= 11 is 2.68. The summed E-state index contributed by atoms with van der Waals surface area (Å²) in [6.45, 7) is 1.91. The molecule has 2 rings (SSSR count). The zero-order valence-electron chi connectivity index (χ0n) is 9.24. The summed E-state index contributed by atoms with van der Waals surface area (Å²) in [7, 11) is 0. The van der Waals surface area contributed by atoms with Gasteiger partial charge in [-0.3, -0.25) is 0 Å². The van der Waals surface area contributed by atoms with Gasteiger partial charge in [0.25, 0.3) is 0 Å². The minimum atomic E-state index is -0.664. The molecule has 0 spiro atoms. The van der Waals surface area contributed by atoms with Crippen LogP contribution in [0.2, 0.25) is 0 Å². The van der Waals surface area contributed by atoms with Crippen molar-refractivity contribution in [3.63, 3.8) is 0 Å². The van der Waals surface area contributed by atoms with Gasteiger partial charge in [-0.2, -0.15) is 0 Å². The Balaban J connectivity index is 2.56. The molecule has 1 aliphatic carbocycles. The molecule has 3 nitrogen and oxygen atoms in total. The van der Waals surface area contributed by atoms with E-state index >= 15 is 0 Å². The third-order valence-corrected chi connectivity index (χ3v) is 2.91. The zero-order chi connectivity index (χ0) is 12.4. The van der Waals surface area contributed by atoms with Crippen LogP contribution in [0.4, 0.5) is 0 Å². The van der Waals surface area contributed by atoms with E-state index in [4.69, 9.17) is 0 Å². The number of allylic oxidation sites excluding steroid dienone is 4. The second-order valence-corrected chi connectivity index (χ2v) is 4.31. The number of nitrogens with zero attached hydrogens (tertiary/aromatic N) is 1. The van der Waals surface area contributed by atoms with Crippen LogP contribution in [0.25, 0.3) is 5.57 Å². The molecule has 0 saturated carbocycles. The summed E-state index contributed by atoms with van der Waals surface area (Å²) in [4.78, 5) is 26.9. The number of pyridine rings is 1. The maximum atomic E-state index is 11.8. The molecule has 1 aliphatic rings. The van der Waals surface area contributed by atoms with Crippen LogP contribution in [-0.4, -0.2) is 15.4 Å². The molecular formula is C13H10MnNO2. The van der Waals surface area contributed by atoms with E-state index in [9.17, 15) is 9.59 Å². The zero-order valence-corrected chi connectivity index (χ0v) is 10.4. The van der Waals surface area contributed by atoms with Crippen LogP contribution in [-0.2, 0) is 20.8 Å². The van der Waals surface area contributed by atoms with E-state index in [0.717, 1.165) is 23.1 Å². The predicted octanol–water partition coefficient (Wildman–Crippen LogP) is 1.99. The van der Waals surface area contributed by atoms with Crippen molar-refractivity contribution >= 4 is 16.0 Å². The van der Waals surface area contributed by atoms with Gasteiger partial charge in [0.2, 0.25) is 0 Å². The fourth-order valence-electron chi connectivity index (χ4n) is 1.86. The fraction of sp³-hybridized carbons (Fsp3) is 0.154. The van der Waals surface area contributed by atoms with Crippen LogP contribution in [0, 0.1) is 6.92 Å². The van der Waals surface area contributed by atoms with E-state index < -0.39 is 10.5 Å². The number of Topliss-reactive ketones (excluding diaryl/α,β-unsaturated/α-hetero) is 1. The van der Waals surface area contributed by atoms with Gasteiger partial charge in [0.05, 0.1) is 0 Å². The summed E-state index contributed by atoms with van der Waals surface area (Å²) in [5.41, 5.74) is 2.97. The Morgan fingerprint density at radius 3 is 2.76 bits per heavy atom. The predicted molar refractivity (Wildman–Crippen MR) is 60.0 cm³/mol. The van der Waals surface area contributed by atoms with Crippen molar-refractivity contribution in [3.8, 4) is 0 Å². The van der Waals surface area contributed by atoms with E-state index in [0.29, 0.717) is 0 Å². The molecule has 0 bridgehead atoms. The molecule has 1 aromatic rings. The van der Waals surface area contributed by atoms with Crippen LogP contribution in [0.3, 0.4) is 0 Å². The Hall–Kier alpha value is -1.51. The standard InChI is InChI=1S/C13H10NO2.Mn/c1-9-6-7-14-13(11(16)8-15)12(9)10-4-2-3-5-10;/h2-4,6-7H,5H2,1H3;. The molecule has 1 aromatic heterocycles. The van der Waals surface area contributed by atoms with E-state index in [2.05, 4.69) is 21.0 Å². The van der Waals surface area contributed by atoms with Gasteiger partial charge in [-0.15, -0.1) is 0 Å². The number of aromatic nitrogens is 1. The molecule has 17 heavy (non-hydrogen) atoms. The van der Waals surface area contributed by atoms with Crippen molar-refractivity contribution in [1.82, 2.24) is 4.98 Å². The van der Waals surface area contributed by atoms with E-state index in [1.807, 2.05) is 31.2 Å². The molecule has 0 aliphatic heterocycles. The molecule has 0 saturated heterocycles. The number of carbonyl (C=O) groups is 2. The van der Waals surface area contributed by atoms with Crippen molar-refractivity contribution in [2.75, 3.05) is 0 Å². The number of ketones is 1. The SMILES string of the molecule is Cc1ccnc(C(=O)[C](=O)[Mn])c1C1=CC=CC1. The molecule has 0 fully saturated rings. The number of aryl methyl sites for hydroxylation is 1. The fourth-order valence-corrected chi connectivity index (χ4v) is 2.00. The molecule has 0 aromatic carbocycles. The number of carbonyl (C=O) groups excluding carboxylic acids is 2. The van der Waals surface area contributed by atoms with Gasteiger partial charge in [-0.1, -0.05) is 0 Å².